The van der Waals surface area contributed by atoms with Crippen LogP contribution in [0.4, 0.5) is 5.69 Å². The first kappa shape index (κ1) is 33.4. The number of methoxy groups -OCH3 is 1. The highest BCUT2D eigenvalue weighted by molar-refractivity contribution is 7.89. The maximum absolute atomic E-state index is 13.8. The summed E-state index contributed by atoms with van der Waals surface area (Å²) in [6.07, 6.45) is 2.03. The largest absolute Gasteiger partial charge is 0.465 e. The standard InChI is InChI=1S/C32H43ClN4O7S/c1-20-7-8-27(15-28(20)33)37(31(39)24-9-13-35(14-10-24)23(4)38)12-6-11-34-16-25-18-36(19-26(25)17-34)45(41,42)30-22(3)44-21(2)29(30)32(40)43-5/h7-8,15,24-26H,6,9-14,16-19H2,1-5H3. The van der Waals surface area contributed by atoms with E-state index in [4.69, 9.17) is 20.8 Å². The number of benzene rings is 1. The van der Waals surface area contributed by atoms with E-state index in [1.165, 1.54) is 11.4 Å². The number of fused-ring (bicyclic) bond motifs is 1. The second-order valence-electron chi connectivity index (χ2n) is 12.6. The number of carbonyl (C=O) groups is 3. The van der Waals surface area contributed by atoms with E-state index in [2.05, 4.69) is 4.90 Å². The van der Waals surface area contributed by atoms with Crippen molar-refractivity contribution in [3.63, 3.8) is 0 Å². The second kappa shape index (κ2) is 13.4. The molecule has 3 saturated heterocycles. The van der Waals surface area contributed by atoms with Crippen molar-refractivity contribution < 1.29 is 32.0 Å². The summed E-state index contributed by atoms with van der Waals surface area (Å²) in [5.41, 5.74) is 1.69. The van der Waals surface area contributed by atoms with Crippen molar-refractivity contribution in [1.82, 2.24) is 14.1 Å². The number of amides is 2. The highest BCUT2D eigenvalue weighted by Gasteiger charge is 2.46. The van der Waals surface area contributed by atoms with Gasteiger partial charge in [-0.2, -0.15) is 4.31 Å². The summed E-state index contributed by atoms with van der Waals surface area (Å²) in [5.74, 6) is -0.0115. The summed E-state index contributed by atoms with van der Waals surface area (Å²) < 4.78 is 39.2. The summed E-state index contributed by atoms with van der Waals surface area (Å²) in [6.45, 7) is 11.4. The average molecular weight is 663 g/mol. The van der Waals surface area contributed by atoms with E-state index < -0.39 is 16.0 Å². The van der Waals surface area contributed by atoms with E-state index in [0.29, 0.717) is 50.6 Å². The van der Waals surface area contributed by atoms with Crippen molar-refractivity contribution in [2.75, 3.05) is 64.4 Å². The molecule has 3 fully saturated rings. The van der Waals surface area contributed by atoms with Crippen molar-refractivity contribution in [3.8, 4) is 0 Å². The molecule has 11 nitrogen and oxygen atoms in total. The van der Waals surface area contributed by atoms with Crippen LogP contribution in [0.25, 0.3) is 0 Å². The number of ether oxygens (including phenoxy) is 1. The molecule has 2 aromatic rings. The Labute approximate surface area is 270 Å². The van der Waals surface area contributed by atoms with Gasteiger partial charge >= 0.3 is 5.97 Å². The minimum absolute atomic E-state index is 0.0351. The van der Waals surface area contributed by atoms with Crippen LogP contribution in [0, 0.1) is 38.5 Å². The van der Waals surface area contributed by atoms with Crippen molar-refractivity contribution in [3.05, 3.63) is 45.9 Å². The number of furan rings is 1. The zero-order chi connectivity index (χ0) is 32.6. The fourth-order valence-electron chi connectivity index (χ4n) is 7.10. The highest BCUT2D eigenvalue weighted by Crippen LogP contribution is 2.37. The molecule has 45 heavy (non-hydrogen) atoms. The number of hydrogen-bond acceptors (Lipinski definition) is 8. The minimum Gasteiger partial charge on any atom is -0.465 e. The Morgan fingerprint density at radius 2 is 1.67 bits per heavy atom. The molecule has 4 heterocycles. The third-order valence-corrected chi connectivity index (χ3v) is 12.0. The fourth-order valence-corrected chi connectivity index (χ4v) is 9.20. The molecule has 2 amide bonds. The van der Waals surface area contributed by atoms with Gasteiger partial charge in [-0.25, -0.2) is 13.2 Å². The molecule has 246 valence electrons. The van der Waals surface area contributed by atoms with Crippen LogP contribution in [-0.4, -0.2) is 99.8 Å². The minimum atomic E-state index is -3.94. The molecule has 3 aliphatic heterocycles. The lowest BCUT2D eigenvalue weighted by Gasteiger charge is -2.34. The van der Waals surface area contributed by atoms with E-state index in [9.17, 15) is 22.8 Å². The average Bonchev–Trinajstić information content (AvgIpc) is 3.67. The summed E-state index contributed by atoms with van der Waals surface area (Å²) in [6, 6.07) is 5.72. The summed E-state index contributed by atoms with van der Waals surface area (Å²) in [5, 5.41) is 0.614. The van der Waals surface area contributed by atoms with Gasteiger partial charge in [-0.3, -0.25) is 9.59 Å². The predicted octanol–water partition coefficient (Wildman–Crippen LogP) is 3.88. The van der Waals surface area contributed by atoms with Gasteiger partial charge in [-0.1, -0.05) is 17.7 Å². The Morgan fingerprint density at radius 3 is 2.24 bits per heavy atom. The zero-order valence-corrected chi connectivity index (χ0v) is 28.2. The summed E-state index contributed by atoms with van der Waals surface area (Å²) >= 11 is 6.45. The molecule has 0 N–H and O–H groups in total. The number of likely N-dealkylation sites (tertiary alicyclic amines) is 2. The number of piperidine rings is 1. The SMILES string of the molecule is COC(=O)c1c(C)oc(C)c1S(=O)(=O)N1CC2CN(CCCN(C(=O)C3CCN(C(C)=O)CC3)c3ccc(C)c(Cl)c3)CC2C1. The van der Waals surface area contributed by atoms with Crippen LogP contribution < -0.4 is 4.90 Å². The molecular formula is C32H43ClN4O7S. The third kappa shape index (κ3) is 6.79. The molecule has 2 unspecified atom stereocenters. The van der Waals surface area contributed by atoms with Crippen LogP contribution in [0.15, 0.2) is 27.5 Å². The quantitative estimate of drug-likeness (QED) is 0.371. The maximum Gasteiger partial charge on any atom is 0.342 e. The van der Waals surface area contributed by atoms with Gasteiger partial charge in [0.05, 0.1) is 7.11 Å². The summed E-state index contributed by atoms with van der Waals surface area (Å²) in [7, 11) is -2.72. The van der Waals surface area contributed by atoms with Crippen LogP contribution in [0.3, 0.4) is 0 Å². The number of esters is 1. The van der Waals surface area contributed by atoms with Crippen LogP contribution in [0.2, 0.25) is 5.02 Å². The van der Waals surface area contributed by atoms with Crippen molar-refractivity contribution in [1.29, 1.82) is 0 Å². The molecule has 0 saturated carbocycles. The number of carbonyl (C=O) groups excluding carboxylic acids is 3. The molecule has 2 atom stereocenters. The van der Waals surface area contributed by atoms with Gasteiger partial charge in [0.1, 0.15) is 22.0 Å². The third-order valence-electron chi connectivity index (χ3n) is 9.60. The summed E-state index contributed by atoms with van der Waals surface area (Å²) in [4.78, 5) is 43.9. The number of aryl methyl sites for hydroxylation is 3. The van der Waals surface area contributed by atoms with Crippen LogP contribution >= 0.6 is 11.6 Å². The monoisotopic (exact) mass is 662 g/mol. The van der Waals surface area contributed by atoms with Crippen molar-refractivity contribution in [2.45, 2.75) is 51.9 Å². The fraction of sp³-hybridized carbons (Fsp3) is 0.594. The highest BCUT2D eigenvalue weighted by atomic mass is 35.5. The second-order valence-corrected chi connectivity index (χ2v) is 14.9. The number of rotatable bonds is 9. The molecule has 3 aliphatic rings. The van der Waals surface area contributed by atoms with E-state index in [1.54, 1.807) is 25.7 Å². The Kier molecular flexibility index (Phi) is 9.98. The maximum atomic E-state index is 13.8. The van der Waals surface area contributed by atoms with Crippen molar-refractivity contribution in [2.24, 2.45) is 17.8 Å². The molecule has 1 aromatic carbocycles. The van der Waals surface area contributed by atoms with Crippen LogP contribution in [-0.2, 0) is 24.3 Å². The topological polar surface area (TPSA) is 121 Å². The first-order chi connectivity index (χ1) is 21.3. The molecule has 0 spiro atoms. The van der Waals surface area contributed by atoms with Gasteiger partial charge in [0, 0.05) is 69.4 Å². The Balaban J connectivity index is 1.20. The van der Waals surface area contributed by atoms with Crippen molar-refractivity contribution >= 4 is 45.1 Å². The van der Waals surface area contributed by atoms with Gasteiger partial charge in [0.15, 0.2) is 0 Å². The first-order valence-electron chi connectivity index (χ1n) is 15.6. The van der Waals surface area contributed by atoms with E-state index in [1.807, 2.05) is 30.0 Å². The van der Waals surface area contributed by atoms with Gasteiger partial charge in [0.25, 0.3) is 0 Å². The molecular weight excluding hydrogens is 620 g/mol. The predicted molar refractivity (Wildman–Crippen MR) is 170 cm³/mol. The Bertz CT molecular complexity index is 1550. The number of anilines is 1. The molecule has 0 radical (unpaired) electrons. The Morgan fingerprint density at radius 1 is 1.02 bits per heavy atom. The number of hydrogen-bond donors (Lipinski definition) is 0. The normalized spacial score (nSPS) is 21.2. The lowest BCUT2D eigenvalue weighted by Crippen LogP contribution is -2.44. The van der Waals surface area contributed by atoms with Gasteiger partial charge in [0.2, 0.25) is 21.8 Å². The number of sulfonamides is 1. The van der Waals surface area contributed by atoms with Gasteiger partial charge < -0.3 is 23.9 Å². The molecule has 0 bridgehead atoms. The van der Waals surface area contributed by atoms with E-state index >= 15 is 0 Å². The molecule has 5 rings (SSSR count). The lowest BCUT2D eigenvalue weighted by molar-refractivity contribution is -0.133. The zero-order valence-electron chi connectivity index (χ0n) is 26.7. The molecule has 0 aliphatic carbocycles. The van der Waals surface area contributed by atoms with Crippen LogP contribution in [0.5, 0.6) is 0 Å². The van der Waals surface area contributed by atoms with E-state index in [0.717, 1.165) is 37.3 Å². The van der Waals surface area contributed by atoms with Gasteiger partial charge in [-0.05, 0) is 76.1 Å². The van der Waals surface area contributed by atoms with Crippen LogP contribution in [0.1, 0.15) is 53.6 Å². The van der Waals surface area contributed by atoms with Gasteiger partial charge in [-0.15, -0.1) is 0 Å². The Hall–Kier alpha value is -2.93. The number of nitrogens with zero attached hydrogens (tertiary/aromatic N) is 4. The smallest absolute Gasteiger partial charge is 0.342 e. The number of halogens is 1. The molecule has 13 heteroatoms. The first-order valence-corrected chi connectivity index (χ1v) is 17.4. The molecule has 1 aromatic heterocycles. The van der Waals surface area contributed by atoms with E-state index in [-0.39, 0.29) is 51.5 Å². The lowest BCUT2D eigenvalue weighted by atomic mass is 9.94.